The standard InChI is InChI=1S/C14H20N2O4/c1-4-20-8-12(9(2)3)16-13(17)10-5-6-15-11(7-10)14(18)19/h5-7,9,12H,4,8H2,1-3H3,(H,16,17)(H,18,19). The molecule has 0 aliphatic heterocycles. The van der Waals surface area contributed by atoms with Crippen LogP contribution in [0.25, 0.3) is 0 Å². The molecule has 0 fully saturated rings. The highest BCUT2D eigenvalue weighted by molar-refractivity contribution is 5.96. The molecule has 1 aromatic heterocycles. The zero-order chi connectivity index (χ0) is 15.1. The second-order valence-corrected chi connectivity index (χ2v) is 4.72. The molecule has 6 nitrogen and oxygen atoms in total. The lowest BCUT2D eigenvalue weighted by molar-refractivity contribution is 0.0690. The number of rotatable bonds is 7. The SMILES string of the molecule is CCOCC(NC(=O)c1ccnc(C(=O)O)c1)C(C)C. The molecule has 0 radical (unpaired) electrons. The summed E-state index contributed by atoms with van der Waals surface area (Å²) in [5, 5.41) is 11.7. The van der Waals surface area contributed by atoms with E-state index in [1.54, 1.807) is 0 Å². The van der Waals surface area contributed by atoms with Crippen LogP contribution in [0, 0.1) is 5.92 Å². The number of aromatic carboxylic acids is 1. The number of hydrogen-bond donors (Lipinski definition) is 2. The lowest BCUT2D eigenvalue weighted by atomic mass is 10.0. The lowest BCUT2D eigenvalue weighted by Gasteiger charge is -2.22. The van der Waals surface area contributed by atoms with E-state index in [1.807, 2.05) is 20.8 Å². The van der Waals surface area contributed by atoms with Gasteiger partial charge in [0, 0.05) is 18.4 Å². The van der Waals surface area contributed by atoms with Gasteiger partial charge in [-0.05, 0) is 25.0 Å². The Balaban J connectivity index is 2.78. The molecular weight excluding hydrogens is 260 g/mol. The maximum Gasteiger partial charge on any atom is 0.354 e. The Labute approximate surface area is 118 Å². The van der Waals surface area contributed by atoms with Crippen LogP contribution < -0.4 is 5.32 Å². The minimum Gasteiger partial charge on any atom is -0.477 e. The van der Waals surface area contributed by atoms with Gasteiger partial charge in [0.1, 0.15) is 5.69 Å². The summed E-state index contributed by atoms with van der Waals surface area (Å²) in [5.74, 6) is -1.27. The Morgan fingerprint density at radius 3 is 2.70 bits per heavy atom. The molecule has 1 heterocycles. The number of hydrogen-bond acceptors (Lipinski definition) is 4. The third kappa shape index (κ3) is 4.62. The van der Waals surface area contributed by atoms with E-state index in [0.29, 0.717) is 13.2 Å². The van der Waals surface area contributed by atoms with E-state index in [4.69, 9.17) is 9.84 Å². The van der Waals surface area contributed by atoms with Crippen molar-refractivity contribution in [3.63, 3.8) is 0 Å². The van der Waals surface area contributed by atoms with Crippen LogP contribution in [0.4, 0.5) is 0 Å². The van der Waals surface area contributed by atoms with Crippen LogP contribution in [0.15, 0.2) is 18.3 Å². The maximum absolute atomic E-state index is 12.1. The van der Waals surface area contributed by atoms with Gasteiger partial charge in [-0.15, -0.1) is 0 Å². The molecule has 0 saturated carbocycles. The average molecular weight is 280 g/mol. The first kappa shape index (κ1) is 16.1. The first-order chi connectivity index (χ1) is 9.45. The van der Waals surface area contributed by atoms with Crippen molar-refractivity contribution in [3.05, 3.63) is 29.6 Å². The molecule has 1 rings (SSSR count). The van der Waals surface area contributed by atoms with Gasteiger partial charge in [0.05, 0.1) is 12.6 Å². The van der Waals surface area contributed by atoms with Gasteiger partial charge in [0.2, 0.25) is 0 Å². The van der Waals surface area contributed by atoms with Crippen LogP contribution in [0.1, 0.15) is 41.6 Å². The molecule has 1 amide bonds. The predicted molar refractivity (Wildman–Crippen MR) is 73.8 cm³/mol. The molecule has 0 bridgehead atoms. The van der Waals surface area contributed by atoms with Crippen molar-refractivity contribution in [2.24, 2.45) is 5.92 Å². The molecule has 0 spiro atoms. The van der Waals surface area contributed by atoms with E-state index in [2.05, 4.69) is 10.3 Å². The summed E-state index contributed by atoms with van der Waals surface area (Å²) < 4.78 is 5.33. The van der Waals surface area contributed by atoms with Crippen LogP contribution in [-0.2, 0) is 4.74 Å². The van der Waals surface area contributed by atoms with Crippen molar-refractivity contribution in [3.8, 4) is 0 Å². The number of carboxylic acid groups (broad SMARTS) is 1. The normalized spacial score (nSPS) is 12.2. The summed E-state index contributed by atoms with van der Waals surface area (Å²) in [4.78, 5) is 26.6. The monoisotopic (exact) mass is 280 g/mol. The van der Waals surface area contributed by atoms with Gasteiger partial charge in [-0.1, -0.05) is 13.8 Å². The average Bonchev–Trinajstić information content (AvgIpc) is 2.42. The van der Waals surface area contributed by atoms with Gasteiger partial charge < -0.3 is 15.2 Å². The Bertz CT molecular complexity index is 474. The molecule has 1 aromatic rings. The van der Waals surface area contributed by atoms with Crippen molar-refractivity contribution in [2.75, 3.05) is 13.2 Å². The van der Waals surface area contributed by atoms with Crippen LogP contribution >= 0.6 is 0 Å². The first-order valence-electron chi connectivity index (χ1n) is 6.53. The van der Waals surface area contributed by atoms with Crippen molar-refractivity contribution in [1.82, 2.24) is 10.3 Å². The van der Waals surface area contributed by atoms with E-state index in [-0.39, 0.29) is 29.1 Å². The Morgan fingerprint density at radius 2 is 2.15 bits per heavy atom. The van der Waals surface area contributed by atoms with Gasteiger partial charge in [0.15, 0.2) is 0 Å². The fraction of sp³-hybridized carbons (Fsp3) is 0.500. The van der Waals surface area contributed by atoms with Gasteiger partial charge in [-0.25, -0.2) is 9.78 Å². The number of amides is 1. The predicted octanol–water partition coefficient (Wildman–Crippen LogP) is 1.57. The molecule has 110 valence electrons. The number of carbonyl (C=O) groups excluding carboxylic acids is 1. The van der Waals surface area contributed by atoms with Crippen LogP contribution in [0.5, 0.6) is 0 Å². The van der Waals surface area contributed by atoms with Gasteiger partial charge in [-0.3, -0.25) is 4.79 Å². The maximum atomic E-state index is 12.1. The third-order valence-electron chi connectivity index (χ3n) is 2.86. The number of carboxylic acids is 1. The highest BCUT2D eigenvalue weighted by Gasteiger charge is 2.18. The third-order valence-corrected chi connectivity index (χ3v) is 2.86. The highest BCUT2D eigenvalue weighted by atomic mass is 16.5. The van der Waals surface area contributed by atoms with Crippen molar-refractivity contribution in [1.29, 1.82) is 0 Å². The van der Waals surface area contributed by atoms with Crippen molar-refractivity contribution in [2.45, 2.75) is 26.8 Å². The van der Waals surface area contributed by atoms with Crippen LogP contribution in [0.3, 0.4) is 0 Å². The fourth-order valence-corrected chi connectivity index (χ4v) is 1.59. The van der Waals surface area contributed by atoms with E-state index in [9.17, 15) is 9.59 Å². The number of pyridine rings is 1. The molecule has 2 N–H and O–H groups in total. The smallest absolute Gasteiger partial charge is 0.354 e. The van der Waals surface area contributed by atoms with Gasteiger partial charge in [0.25, 0.3) is 5.91 Å². The number of carbonyl (C=O) groups is 2. The van der Waals surface area contributed by atoms with E-state index >= 15 is 0 Å². The number of nitrogens with zero attached hydrogens (tertiary/aromatic N) is 1. The van der Waals surface area contributed by atoms with Gasteiger partial charge >= 0.3 is 5.97 Å². The number of nitrogens with one attached hydrogen (secondary N) is 1. The minimum absolute atomic E-state index is 0.121. The van der Waals surface area contributed by atoms with Gasteiger partial charge in [-0.2, -0.15) is 0 Å². The second kappa shape index (κ2) is 7.59. The summed E-state index contributed by atoms with van der Waals surface area (Å²) in [6, 6.07) is 2.62. The topological polar surface area (TPSA) is 88.5 Å². The first-order valence-corrected chi connectivity index (χ1v) is 6.53. The van der Waals surface area contributed by atoms with E-state index in [0.717, 1.165) is 0 Å². The Hall–Kier alpha value is -1.95. The fourth-order valence-electron chi connectivity index (χ4n) is 1.59. The number of ether oxygens (including phenoxy) is 1. The summed E-state index contributed by atoms with van der Waals surface area (Å²) >= 11 is 0. The highest BCUT2D eigenvalue weighted by Crippen LogP contribution is 2.06. The largest absolute Gasteiger partial charge is 0.477 e. The van der Waals surface area contributed by atoms with E-state index < -0.39 is 5.97 Å². The summed E-state index contributed by atoms with van der Waals surface area (Å²) in [6.45, 7) is 6.87. The van der Waals surface area contributed by atoms with Crippen LogP contribution in [0.2, 0.25) is 0 Å². The zero-order valence-corrected chi connectivity index (χ0v) is 11.9. The summed E-state index contributed by atoms with van der Waals surface area (Å²) in [6.07, 6.45) is 1.31. The Morgan fingerprint density at radius 1 is 1.45 bits per heavy atom. The lowest BCUT2D eigenvalue weighted by Crippen LogP contribution is -2.42. The molecule has 20 heavy (non-hydrogen) atoms. The molecule has 1 atom stereocenters. The molecule has 0 aliphatic carbocycles. The van der Waals surface area contributed by atoms with Crippen molar-refractivity contribution < 1.29 is 19.4 Å². The molecule has 6 heteroatoms. The van der Waals surface area contributed by atoms with Crippen molar-refractivity contribution >= 4 is 11.9 Å². The Kier molecular flexibility index (Phi) is 6.11. The number of aromatic nitrogens is 1. The molecular formula is C14H20N2O4. The molecule has 0 aromatic carbocycles. The summed E-state index contributed by atoms with van der Waals surface area (Å²) in [5.41, 5.74) is 0.128. The summed E-state index contributed by atoms with van der Waals surface area (Å²) in [7, 11) is 0. The minimum atomic E-state index is -1.16. The zero-order valence-electron chi connectivity index (χ0n) is 11.9. The van der Waals surface area contributed by atoms with E-state index in [1.165, 1.54) is 18.3 Å². The quantitative estimate of drug-likeness (QED) is 0.791. The molecule has 0 saturated heterocycles. The molecule has 1 unspecified atom stereocenters. The second-order valence-electron chi connectivity index (χ2n) is 4.72. The molecule has 0 aliphatic rings. The van der Waals surface area contributed by atoms with Crippen LogP contribution in [-0.4, -0.2) is 41.2 Å².